The Hall–Kier alpha value is -3.83. The Morgan fingerprint density at radius 2 is 1.83 bits per heavy atom. The van der Waals surface area contributed by atoms with Crippen molar-refractivity contribution in [3.8, 4) is 5.75 Å². The number of hydrogen-bond acceptors (Lipinski definition) is 5. The van der Waals surface area contributed by atoms with Crippen molar-refractivity contribution in [1.82, 2.24) is 5.32 Å². The highest BCUT2D eigenvalue weighted by atomic mass is 16.5. The largest absolute Gasteiger partial charge is 0.486 e. The summed E-state index contributed by atoms with van der Waals surface area (Å²) in [5.74, 6) is 0.529. The van der Waals surface area contributed by atoms with Crippen LogP contribution < -0.4 is 15.0 Å². The summed E-state index contributed by atoms with van der Waals surface area (Å²) in [6, 6.07) is 29.2. The van der Waals surface area contributed by atoms with Crippen LogP contribution in [0, 0.1) is 6.92 Å². The van der Waals surface area contributed by atoms with Crippen LogP contribution in [0.5, 0.6) is 5.75 Å². The molecule has 1 N–H and O–H groups in total. The fourth-order valence-electron chi connectivity index (χ4n) is 5.05. The van der Waals surface area contributed by atoms with Crippen molar-refractivity contribution in [2.75, 3.05) is 25.1 Å². The molecule has 0 bridgehead atoms. The first-order chi connectivity index (χ1) is 17.5. The quantitative estimate of drug-likeness (QED) is 0.303. The number of fused-ring (bicyclic) bond motifs is 2. The van der Waals surface area contributed by atoms with Crippen LogP contribution in [0.1, 0.15) is 40.9 Å². The van der Waals surface area contributed by atoms with E-state index >= 15 is 0 Å². The van der Waals surface area contributed by atoms with Gasteiger partial charge in [0.1, 0.15) is 11.9 Å². The number of carbonyl (C=O) groups is 1. The zero-order chi connectivity index (χ0) is 25.1. The Morgan fingerprint density at radius 1 is 1.06 bits per heavy atom. The van der Waals surface area contributed by atoms with E-state index in [-0.39, 0.29) is 18.1 Å². The van der Waals surface area contributed by atoms with Crippen LogP contribution in [0.3, 0.4) is 0 Å². The van der Waals surface area contributed by atoms with Gasteiger partial charge in [0, 0.05) is 11.7 Å². The molecular formula is C31H32N2O3. The van der Waals surface area contributed by atoms with Gasteiger partial charge in [-0.2, -0.15) is 0 Å². The highest BCUT2D eigenvalue weighted by Crippen LogP contribution is 2.39. The van der Waals surface area contributed by atoms with Crippen molar-refractivity contribution in [3.63, 3.8) is 0 Å². The van der Waals surface area contributed by atoms with E-state index < -0.39 is 0 Å². The Balaban J connectivity index is 1.32. The number of ether oxygens (including phenoxy) is 2. The monoisotopic (exact) mass is 480 g/mol. The van der Waals surface area contributed by atoms with E-state index in [4.69, 9.17) is 9.47 Å². The van der Waals surface area contributed by atoms with E-state index in [1.54, 1.807) is 0 Å². The first-order valence-corrected chi connectivity index (χ1v) is 12.5. The van der Waals surface area contributed by atoms with Crippen LogP contribution in [-0.2, 0) is 4.74 Å². The number of carbonyl (C=O) groups excluding carboxylic acids is 1. The second-order valence-corrected chi connectivity index (χ2v) is 9.40. The second-order valence-electron chi connectivity index (χ2n) is 9.40. The van der Waals surface area contributed by atoms with Crippen molar-refractivity contribution in [2.45, 2.75) is 32.4 Å². The highest BCUT2D eigenvalue weighted by Gasteiger charge is 2.27. The van der Waals surface area contributed by atoms with Crippen molar-refractivity contribution in [3.05, 3.63) is 102 Å². The summed E-state index contributed by atoms with van der Waals surface area (Å²) < 4.78 is 11.4. The van der Waals surface area contributed by atoms with Crippen LogP contribution in [0.15, 0.2) is 84.9 Å². The molecule has 0 saturated heterocycles. The van der Waals surface area contributed by atoms with Gasteiger partial charge in [-0.1, -0.05) is 54.6 Å². The summed E-state index contributed by atoms with van der Waals surface area (Å²) in [5.41, 5.74) is 4.85. The van der Waals surface area contributed by atoms with Gasteiger partial charge >= 0.3 is 5.97 Å². The van der Waals surface area contributed by atoms with Gasteiger partial charge in [0.2, 0.25) is 0 Å². The molecule has 184 valence electrons. The summed E-state index contributed by atoms with van der Waals surface area (Å²) in [6.45, 7) is 5.74. The SMILES string of the molecule is COC(=O)c1cc(C)cc(N2CC(CCN[C@H](C)c3cccc4ccccc34)Oc3ccccc32)c1. The third kappa shape index (κ3) is 4.93. The summed E-state index contributed by atoms with van der Waals surface area (Å²) >= 11 is 0. The number of aryl methyl sites for hydroxylation is 1. The molecule has 36 heavy (non-hydrogen) atoms. The number of rotatable bonds is 7. The van der Waals surface area contributed by atoms with E-state index in [1.807, 2.05) is 37.3 Å². The molecule has 4 aromatic carbocycles. The van der Waals surface area contributed by atoms with Gasteiger partial charge in [0.05, 0.1) is 24.9 Å². The molecule has 0 aliphatic carbocycles. The summed E-state index contributed by atoms with van der Waals surface area (Å²) in [6.07, 6.45) is 0.865. The summed E-state index contributed by atoms with van der Waals surface area (Å²) in [7, 11) is 1.41. The predicted molar refractivity (Wildman–Crippen MR) is 145 cm³/mol. The van der Waals surface area contributed by atoms with Crippen molar-refractivity contribution < 1.29 is 14.3 Å². The molecule has 2 atom stereocenters. The topological polar surface area (TPSA) is 50.8 Å². The van der Waals surface area contributed by atoms with E-state index in [0.29, 0.717) is 12.1 Å². The standard InChI is InChI=1S/C31H32N2O3/c1-21-17-24(31(34)35-3)19-25(18-21)33-20-26(36-30-14-7-6-13-29(30)33)15-16-32-22(2)27-12-8-10-23-9-4-5-11-28(23)27/h4-14,17-19,22,26,32H,15-16,20H2,1-3H3/t22-,26?/m1/s1. The maximum atomic E-state index is 12.2. The maximum Gasteiger partial charge on any atom is 0.337 e. The van der Waals surface area contributed by atoms with Crippen molar-refractivity contribution in [2.24, 2.45) is 0 Å². The molecule has 1 aliphatic rings. The van der Waals surface area contributed by atoms with Crippen LogP contribution in [0.2, 0.25) is 0 Å². The fourth-order valence-corrected chi connectivity index (χ4v) is 5.05. The van der Waals surface area contributed by atoms with Crippen molar-refractivity contribution >= 4 is 28.1 Å². The lowest BCUT2D eigenvalue weighted by atomic mass is 9.99. The zero-order valence-electron chi connectivity index (χ0n) is 21.0. The molecule has 0 spiro atoms. The minimum atomic E-state index is -0.329. The smallest absolute Gasteiger partial charge is 0.337 e. The molecule has 5 nitrogen and oxygen atoms in total. The maximum absolute atomic E-state index is 12.2. The lowest BCUT2D eigenvalue weighted by molar-refractivity contribution is 0.0600. The Kier molecular flexibility index (Phi) is 6.92. The van der Waals surface area contributed by atoms with E-state index in [9.17, 15) is 4.79 Å². The third-order valence-electron chi connectivity index (χ3n) is 6.84. The van der Waals surface area contributed by atoms with Gasteiger partial charge in [-0.3, -0.25) is 0 Å². The minimum absolute atomic E-state index is 0.00852. The lowest BCUT2D eigenvalue weighted by Crippen LogP contribution is -2.39. The van der Waals surface area contributed by atoms with E-state index in [0.717, 1.165) is 35.7 Å². The molecule has 1 aliphatic heterocycles. The van der Waals surface area contributed by atoms with Crippen LogP contribution in [0.4, 0.5) is 11.4 Å². The number of esters is 1. The fraction of sp³-hybridized carbons (Fsp3) is 0.258. The zero-order valence-corrected chi connectivity index (χ0v) is 21.0. The number of nitrogens with zero attached hydrogens (tertiary/aromatic N) is 1. The van der Waals surface area contributed by atoms with Gasteiger partial charge in [-0.25, -0.2) is 4.79 Å². The van der Waals surface area contributed by atoms with E-state index in [1.165, 1.54) is 23.4 Å². The third-order valence-corrected chi connectivity index (χ3v) is 6.84. The molecule has 0 fully saturated rings. The predicted octanol–water partition coefficient (Wildman–Crippen LogP) is 6.57. The number of para-hydroxylation sites is 2. The Bertz CT molecular complexity index is 1380. The molecule has 1 unspecified atom stereocenters. The molecule has 5 rings (SSSR count). The molecule has 0 amide bonds. The van der Waals surface area contributed by atoms with Gasteiger partial charge < -0.3 is 19.7 Å². The second kappa shape index (κ2) is 10.4. The summed E-state index contributed by atoms with van der Waals surface area (Å²) in [4.78, 5) is 14.5. The number of anilines is 2. The molecule has 1 heterocycles. The lowest BCUT2D eigenvalue weighted by Gasteiger charge is -2.37. The van der Waals surface area contributed by atoms with Gasteiger partial charge in [0.25, 0.3) is 0 Å². The van der Waals surface area contributed by atoms with Crippen LogP contribution in [-0.4, -0.2) is 32.3 Å². The first kappa shape index (κ1) is 23.9. The molecule has 0 radical (unpaired) electrons. The number of hydrogen-bond donors (Lipinski definition) is 1. The Labute approximate surface area is 212 Å². The van der Waals surface area contributed by atoms with Gasteiger partial charge in [0.15, 0.2) is 0 Å². The Morgan fingerprint density at radius 3 is 2.69 bits per heavy atom. The van der Waals surface area contributed by atoms with Gasteiger partial charge in [-0.15, -0.1) is 0 Å². The van der Waals surface area contributed by atoms with Gasteiger partial charge in [-0.05, 0) is 79.0 Å². The van der Waals surface area contributed by atoms with E-state index in [2.05, 4.69) is 71.7 Å². The highest BCUT2D eigenvalue weighted by molar-refractivity contribution is 5.91. The number of methoxy groups -OCH3 is 1. The average molecular weight is 481 g/mol. The molecule has 4 aromatic rings. The summed E-state index contributed by atoms with van der Waals surface area (Å²) in [5, 5.41) is 6.25. The molecule has 5 heteroatoms. The molecular weight excluding hydrogens is 448 g/mol. The molecule has 0 saturated carbocycles. The number of benzene rings is 4. The minimum Gasteiger partial charge on any atom is -0.486 e. The average Bonchev–Trinajstić information content (AvgIpc) is 2.91. The normalized spacial score (nSPS) is 15.8. The molecule has 0 aromatic heterocycles. The van der Waals surface area contributed by atoms with Crippen molar-refractivity contribution in [1.29, 1.82) is 0 Å². The van der Waals surface area contributed by atoms with Crippen LogP contribution >= 0.6 is 0 Å². The first-order valence-electron chi connectivity index (χ1n) is 12.5. The number of nitrogens with one attached hydrogen (secondary N) is 1. The van der Waals surface area contributed by atoms with Crippen LogP contribution in [0.25, 0.3) is 10.8 Å².